The van der Waals surface area contributed by atoms with E-state index in [0.29, 0.717) is 29.8 Å². The average Bonchev–Trinajstić information content (AvgIpc) is 3.60. The molecule has 39 heavy (non-hydrogen) atoms. The van der Waals surface area contributed by atoms with Gasteiger partial charge in [0.1, 0.15) is 27.7 Å². The SMILES string of the molecule is Cc1cc(C#CC2CCS(=O)(=O)CC2)cc(C(=O)NC(c2cc3ccccc3[nH]2)c2ncn3c2C[C@@H](F)C3)n1. The first kappa shape index (κ1) is 25.3. The van der Waals surface area contributed by atoms with Crippen molar-refractivity contribution in [3.63, 3.8) is 0 Å². The van der Waals surface area contributed by atoms with Crippen LogP contribution in [0.2, 0.25) is 0 Å². The molecule has 0 saturated carbocycles. The fraction of sp³-hybridized carbons (Fsp3) is 0.345. The van der Waals surface area contributed by atoms with Crippen molar-refractivity contribution in [3.05, 3.63) is 82.8 Å². The number of nitrogens with one attached hydrogen (secondary N) is 2. The lowest BCUT2D eigenvalue weighted by molar-refractivity contribution is 0.0936. The molecule has 1 unspecified atom stereocenters. The van der Waals surface area contributed by atoms with Gasteiger partial charge < -0.3 is 14.9 Å². The Bertz CT molecular complexity index is 1700. The molecule has 2 aliphatic rings. The minimum Gasteiger partial charge on any atom is -0.356 e. The van der Waals surface area contributed by atoms with Crippen molar-refractivity contribution in [2.45, 2.75) is 44.9 Å². The summed E-state index contributed by atoms with van der Waals surface area (Å²) in [6.45, 7) is 2.05. The summed E-state index contributed by atoms with van der Waals surface area (Å²) < 4.78 is 39.5. The van der Waals surface area contributed by atoms with E-state index in [1.165, 1.54) is 0 Å². The van der Waals surface area contributed by atoms with Gasteiger partial charge in [0.15, 0.2) is 0 Å². The molecule has 0 bridgehead atoms. The van der Waals surface area contributed by atoms with Gasteiger partial charge in [-0.3, -0.25) is 4.79 Å². The number of aryl methyl sites for hydroxylation is 1. The van der Waals surface area contributed by atoms with Gasteiger partial charge in [0.25, 0.3) is 5.91 Å². The summed E-state index contributed by atoms with van der Waals surface area (Å²) >= 11 is 0. The molecule has 0 radical (unpaired) electrons. The van der Waals surface area contributed by atoms with Crippen LogP contribution >= 0.6 is 0 Å². The minimum atomic E-state index is -2.95. The van der Waals surface area contributed by atoms with Crippen molar-refractivity contribution in [2.24, 2.45) is 5.92 Å². The molecule has 2 aliphatic heterocycles. The largest absolute Gasteiger partial charge is 0.356 e. The maximum atomic E-state index is 14.2. The summed E-state index contributed by atoms with van der Waals surface area (Å²) in [5.41, 5.74) is 4.54. The normalized spacial score (nSPS) is 19.3. The molecule has 1 amide bonds. The minimum absolute atomic E-state index is 0.00741. The Morgan fingerprint density at radius 2 is 2.00 bits per heavy atom. The zero-order chi connectivity index (χ0) is 27.1. The molecule has 0 aliphatic carbocycles. The number of amides is 1. The second-order valence-corrected chi connectivity index (χ2v) is 12.6. The van der Waals surface area contributed by atoms with Crippen LogP contribution in [-0.4, -0.2) is 51.5 Å². The number of hydrogen-bond acceptors (Lipinski definition) is 5. The van der Waals surface area contributed by atoms with Crippen LogP contribution in [0, 0.1) is 24.7 Å². The number of aromatic nitrogens is 4. The first-order chi connectivity index (χ1) is 18.7. The van der Waals surface area contributed by atoms with E-state index < -0.39 is 28.0 Å². The monoisotopic (exact) mass is 545 g/mol. The summed E-state index contributed by atoms with van der Waals surface area (Å²) in [4.78, 5) is 26.0. The fourth-order valence-corrected chi connectivity index (χ4v) is 6.85. The van der Waals surface area contributed by atoms with Crippen LogP contribution in [0.15, 0.2) is 48.8 Å². The second-order valence-electron chi connectivity index (χ2n) is 10.3. The van der Waals surface area contributed by atoms with Crippen molar-refractivity contribution in [1.29, 1.82) is 0 Å². The van der Waals surface area contributed by atoms with E-state index in [1.54, 1.807) is 23.9 Å². The summed E-state index contributed by atoms with van der Waals surface area (Å²) in [5, 5.41) is 4.07. The Balaban J connectivity index is 1.30. The molecule has 8 nitrogen and oxygen atoms in total. The molecule has 10 heteroatoms. The van der Waals surface area contributed by atoms with Gasteiger partial charge >= 0.3 is 0 Å². The smallest absolute Gasteiger partial charge is 0.270 e. The molecule has 3 aromatic heterocycles. The topological polar surface area (TPSA) is 110 Å². The predicted molar refractivity (Wildman–Crippen MR) is 146 cm³/mol. The Morgan fingerprint density at radius 1 is 1.21 bits per heavy atom. The molecule has 4 aromatic rings. The van der Waals surface area contributed by atoms with Crippen molar-refractivity contribution >= 4 is 26.6 Å². The van der Waals surface area contributed by atoms with Crippen LogP contribution in [0.3, 0.4) is 0 Å². The standard InChI is InChI=1S/C29H28FN5O3S/c1-18-12-20(7-6-19-8-10-39(37,38)11-9-19)13-25(32-18)29(36)34-27(24-14-21-4-2-3-5-23(21)33-24)28-26-15-22(30)16-35(26)17-31-28/h2-5,12-14,17,19,22,27,33H,8-11,15-16H2,1H3,(H,34,36)/t22-,27?/m1/s1. The van der Waals surface area contributed by atoms with E-state index in [-0.39, 0.29) is 36.1 Å². The number of carbonyl (C=O) groups is 1. The number of aromatic amines is 1. The number of rotatable bonds is 4. The zero-order valence-electron chi connectivity index (χ0n) is 21.4. The third-order valence-electron chi connectivity index (χ3n) is 7.36. The van der Waals surface area contributed by atoms with Gasteiger partial charge in [0.05, 0.1) is 30.1 Å². The number of nitrogens with zero attached hydrogens (tertiary/aromatic N) is 3. The highest BCUT2D eigenvalue weighted by molar-refractivity contribution is 7.91. The van der Waals surface area contributed by atoms with Crippen LogP contribution in [-0.2, 0) is 22.8 Å². The number of hydrogen-bond donors (Lipinski definition) is 2. The maximum absolute atomic E-state index is 14.2. The number of carbonyl (C=O) groups excluding carboxylic acids is 1. The number of pyridine rings is 1. The highest BCUT2D eigenvalue weighted by Crippen LogP contribution is 2.31. The van der Waals surface area contributed by atoms with E-state index >= 15 is 0 Å². The number of H-pyrrole nitrogens is 1. The molecule has 6 rings (SSSR count). The Morgan fingerprint density at radius 3 is 2.79 bits per heavy atom. The first-order valence-electron chi connectivity index (χ1n) is 13.0. The molecule has 1 fully saturated rings. The lowest BCUT2D eigenvalue weighted by Crippen LogP contribution is -2.31. The van der Waals surface area contributed by atoms with E-state index in [1.807, 2.05) is 36.4 Å². The van der Waals surface area contributed by atoms with Gasteiger partial charge in [-0.05, 0) is 49.4 Å². The lowest BCUT2D eigenvalue weighted by Gasteiger charge is -2.18. The van der Waals surface area contributed by atoms with Crippen LogP contribution in [0.4, 0.5) is 4.39 Å². The van der Waals surface area contributed by atoms with Crippen molar-refractivity contribution < 1.29 is 17.6 Å². The molecule has 200 valence electrons. The molecule has 0 spiro atoms. The molecule has 5 heterocycles. The third kappa shape index (κ3) is 5.32. The second kappa shape index (κ2) is 9.97. The van der Waals surface area contributed by atoms with E-state index in [9.17, 15) is 17.6 Å². The Kier molecular flexibility index (Phi) is 6.47. The van der Waals surface area contributed by atoms with Gasteiger partial charge in [-0.1, -0.05) is 30.0 Å². The number of sulfone groups is 1. The van der Waals surface area contributed by atoms with E-state index in [0.717, 1.165) is 22.3 Å². The Hall–Kier alpha value is -3.97. The van der Waals surface area contributed by atoms with Crippen LogP contribution in [0.5, 0.6) is 0 Å². The summed E-state index contributed by atoms with van der Waals surface area (Å²) in [5.74, 6) is 6.22. The quantitative estimate of drug-likeness (QED) is 0.381. The zero-order valence-corrected chi connectivity index (χ0v) is 22.3. The van der Waals surface area contributed by atoms with Crippen molar-refractivity contribution in [2.75, 3.05) is 11.5 Å². The van der Waals surface area contributed by atoms with Gasteiger partial charge in [0.2, 0.25) is 0 Å². The molecular weight excluding hydrogens is 517 g/mol. The fourth-order valence-electron chi connectivity index (χ4n) is 5.36. The van der Waals surface area contributed by atoms with Crippen LogP contribution in [0.1, 0.15) is 57.7 Å². The maximum Gasteiger partial charge on any atom is 0.270 e. The Labute approximate surface area is 226 Å². The third-order valence-corrected chi connectivity index (χ3v) is 9.08. The van der Waals surface area contributed by atoms with E-state index in [4.69, 9.17) is 0 Å². The molecule has 1 saturated heterocycles. The van der Waals surface area contributed by atoms with E-state index in [2.05, 4.69) is 32.1 Å². The molecule has 1 aromatic carbocycles. The lowest BCUT2D eigenvalue weighted by atomic mass is 10.0. The number of fused-ring (bicyclic) bond motifs is 2. The molecule has 2 atom stereocenters. The highest BCUT2D eigenvalue weighted by atomic mass is 32.2. The molecular formula is C29H28FN5O3S. The first-order valence-corrected chi connectivity index (χ1v) is 14.8. The van der Waals surface area contributed by atoms with Gasteiger partial charge in [-0.25, -0.2) is 22.8 Å². The predicted octanol–water partition coefficient (Wildman–Crippen LogP) is 3.66. The summed E-state index contributed by atoms with van der Waals surface area (Å²) in [7, 11) is -2.95. The average molecular weight is 546 g/mol. The van der Waals surface area contributed by atoms with Gasteiger partial charge in [-0.15, -0.1) is 0 Å². The van der Waals surface area contributed by atoms with Gasteiger partial charge in [-0.2, -0.15) is 0 Å². The van der Waals surface area contributed by atoms with Crippen LogP contribution < -0.4 is 5.32 Å². The number of alkyl halides is 1. The molecule has 2 N–H and O–H groups in total. The summed E-state index contributed by atoms with van der Waals surface area (Å²) in [6, 6.07) is 12.6. The number of para-hydroxylation sites is 1. The number of halogens is 1. The van der Waals surface area contributed by atoms with Crippen molar-refractivity contribution in [1.82, 2.24) is 24.8 Å². The highest BCUT2D eigenvalue weighted by Gasteiger charge is 2.31. The number of benzene rings is 1. The number of imidazole rings is 1. The van der Waals surface area contributed by atoms with Gasteiger partial charge in [0, 0.05) is 40.5 Å². The van der Waals surface area contributed by atoms with Crippen molar-refractivity contribution in [3.8, 4) is 11.8 Å². The summed E-state index contributed by atoms with van der Waals surface area (Å²) in [6.07, 6.45) is 1.93. The van der Waals surface area contributed by atoms with Crippen LogP contribution in [0.25, 0.3) is 10.9 Å².